The molecule has 0 bridgehead atoms. The number of aromatic nitrogens is 1. The maximum atomic E-state index is 2.48. The van der Waals surface area contributed by atoms with E-state index >= 15 is 0 Å². The molecule has 0 atom stereocenters. The smallest absolute Gasteiger partial charge is 0.200 e. The molecule has 0 radical (unpaired) electrons. The Balaban J connectivity index is 1.82. The van der Waals surface area contributed by atoms with E-state index in [1.807, 2.05) is 11.8 Å². The largest absolute Gasteiger partial charge is 0.222 e. The van der Waals surface area contributed by atoms with Crippen molar-refractivity contribution in [3.05, 3.63) is 77.0 Å². The van der Waals surface area contributed by atoms with E-state index < -0.39 is 0 Å². The fourth-order valence-electron chi connectivity index (χ4n) is 6.12. The molecule has 0 saturated carbocycles. The summed E-state index contributed by atoms with van der Waals surface area (Å²) >= 11 is 2.01. The zero-order valence-electron chi connectivity index (χ0n) is 21.9. The SMILES string of the molecule is Cc1ccc2c(CC(C)C)c3c(c(C)c2c1)-c1c2c(cc4c(C(C)C)cccc4c2cc[n+]1C)S3. The van der Waals surface area contributed by atoms with Crippen molar-refractivity contribution in [3.8, 4) is 11.3 Å². The van der Waals surface area contributed by atoms with Gasteiger partial charge in [0.05, 0.1) is 10.9 Å². The molecule has 1 aliphatic heterocycles. The van der Waals surface area contributed by atoms with Crippen LogP contribution in [0.15, 0.2) is 64.5 Å². The van der Waals surface area contributed by atoms with Gasteiger partial charge in [-0.3, -0.25) is 0 Å². The Hall–Kier alpha value is -2.84. The molecule has 0 spiro atoms. The maximum Gasteiger partial charge on any atom is 0.222 e. The summed E-state index contributed by atoms with van der Waals surface area (Å²) in [7, 11) is 2.22. The molecule has 0 N–H and O–H groups in total. The van der Waals surface area contributed by atoms with Crippen LogP contribution in [0.4, 0.5) is 0 Å². The highest BCUT2D eigenvalue weighted by molar-refractivity contribution is 8.00. The van der Waals surface area contributed by atoms with Crippen LogP contribution in [0.1, 0.15) is 55.9 Å². The molecule has 0 amide bonds. The fourth-order valence-corrected chi connectivity index (χ4v) is 7.49. The number of hydrogen-bond donors (Lipinski definition) is 0. The molecule has 35 heavy (non-hydrogen) atoms. The van der Waals surface area contributed by atoms with E-state index in [9.17, 15) is 0 Å². The van der Waals surface area contributed by atoms with Crippen molar-refractivity contribution in [2.75, 3.05) is 0 Å². The van der Waals surface area contributed by atoms with Crippen molar-refractivity contribution in [2.45, 2.75) is 63.7 Å². The highest BCUT2D eigenvalue weighted by atomic mass is 32.2. The van der Waals surface area contributed by atoms with E-state index in [1.54, 1.807) is 0 Å². The number of hydrogen-bond acceptors (Lipinski definition) is 1. The second-order valence-electron chi connectivity index (χ2n) is 11.1. The molecule has 1 aromatic heterocycles. The minimum atomic E-state index is 0.495. The molecule has 4 aromatic carbocycles. The predicted molar refractivity (Wildman–Crippen MR) is 152 cm³/mol. The third kappa shape index (κ3) is 3.33. The van der Waals surface area contributed by atoms with E-state index in [0.29, 0.717) is 11.8 Å². The molecule has 2 heteroatoms. The molecule has 0 unspecified atom stereocenters. The number of fused-ring (bicyclic) bond motifs is 5. The third-order valence-electron chi connectivity index (χ3n) is 7.74. The Morgan fingerprint density at radius 3 is 2.37 bits per heavy atom. The first-order valence-electron chi connectivity index (χ1n) is 12.9. The lowest BCUT2D eigenvalue weighted by molar-refractivity contribution is -0.659. The quantitative estimate of drug-likeness (QED) is 0.182. The monoisotopic (exact) mass is 476 g/mol. The van der Waals surface area contributed by atoms with Gasteiger partial charge in [0.15, 0.2) is 6.20 Å². The molecule has 0 fully saturated rings. The van der Waals surface area contributed by atoms with Crippen LogP contribution in [-0.4, -0.2) is 0 Å². The van der Waals surface area contributed by atoms with Crippen molar-refractivity contribution in [1.82, 2.24) is 0 Å². The molecule has 5 aromatic rings. The van der Waals surface area contributed by atoms with Gasteiger partial charge in [0.25, 0.3) is 0 Å². The topological polar surface area (TPSA) is 3.88 Å². The average Bonchev–Trinajstić information content (AvgIpc) is 2.82. The van der Waals surface area contributed by atoms with Gasteiger partial charge in [0, 0.05) is 21.2 Å². The number of pyridine rings is 1. The zero-order chi connectivity index (χ0) is 24.6. The van der Waals surface area contributed by atoms with Gasteiger partial charge >= 0.3 is 0 Å². The molecule has 2 heterocycles. The second kappa shape index (κ2) is 8.10. The molecular formula is C33H34NS+. The summed E-state index contributed by atoms with van der Waals surface area (Å²) in [6.07, 6.45) is 3.36. The minimum Gasteiger partial charge on any atom is -0.200 e. The first-order chi connectivity index (χ1) is 16.8. The third-order valence-corrected chi connectivity index (χ3v) is 8.94. The van der Waals surface area contributed by atoms with Crippen LogP contribution in [0.25, 0.3) is 43.6 Å². The Kier molecular flexibility index (Phi) is 5.23. The zero-order valence-corrected chi connectivity index (χ0v) is 22.7. The first kappa shape index (κ1) is 22.6. The average molecular weight is 477 g/mol. The lowest BCUT2D eigenvalue weighted by Gasteiger charge is -2.26. The maximum absolute atomic E-state index is 2.48. The van der Waals surface area contributed by atoms with E-state index in [2.05, 4.69) is 108 Å². The molecule has 0 saturated heterocycles. The summed E-state index contributed by atoms with van der Waals surface area (Å²) in [5, 5.41) is 8.39. The number of rotatable bonds is 3. The Morgan fingerprint density at radius 2 is 1.63 bits per heavy atom. The molecule has 176 valence electrons. The summed E-state index contributed by atoms with van der Waals surface area (Å²) < 4.78 is 2.36. The lowest BCUT2D eigenvalue weighted by Crippen LogP contribution is -2.32. The van der Waals surface area contributed by atoms with Crippen LogP contribution in [0.5, 0.6) is 0 Å². The highest BCUT2D eigenvalue weighted by Crippen LogP contribution is 2.53. The molecule has 0 aliphatic carbocycles. The second-order valence-corrected chi connectivity index (χ2v) is 12.1. The van der Waals surface area contributed by atoms with Crippen molar-refractivity contribution < 1.29 is 4.57 Å². The van der Waals surface area contributed by atoms with Gasteiger partial charge < -0.3 is 0 Å². The molecule has 6 rings (SSSR count). The summed E-state index contributed by atoms with van der Waals surface area (Å²) in [6, 6.07) is 18.7. The Morgan fingerprint density at radius 1 is 0.829 bits per heavy atom. The van der Waals surface area contributed by atoms with E-state index in [0.717, 1.165) is 6.42 Å². The van der Waals surface area contributed by atoms with Crippen molar-refractivity contribution in [2.24, 2.45) is 13.0 Å². The fraction of sp³-hybridized carbons (Fsp3) is 0.303. The summed E-state index contributed by atoms with van der Waals surface area (Å²) in [6.45, 7) is 13.8. The van der Waals surface area contributed by atoms with Crippen molar-refractivity contribution in [3.63, 3.8) is 0 Å². The van der Waals surface area contributed by atoms with Gasteiger partial charge in [0.1, 0.15) is 7.05 Å². The predicted octanol–water partition coefficient (Wildman–Crippen LogP) is 9.04. The first-order valence-corrected chi connectivity index (χ1v) is 13.7. The highest BCUT2D eigenvalue weighted by Gasteiger charge is 2.32. The van der Waals surface area contributed by atoms with Crippen LogP contribution in [0, 0.1) is 19.8 Å². The molecule has 1 aliphatic rings. The van der Waals surface area contributed by atoms with Crippen LogP contribution in [0.3, 0.4) is 0 Å². The van der Waals surface area contributed by atoms with Crippen LogP contribution in [0.2, 0.25) is 0 Å². The summed E-state index contributed by atoms with van der Waals surface area (Å²) in [5.74, 6) is 1.09. The minimum absolute atomic E-state index is 0.495. The van der Waals surface area contributed by atoms with Crippen molar-refractivity contribution in [1.29, 1.82) is 0 Å². The van der Waals surface area contributed by atoms with Gasteiger partial charge in [-0.25, -0.2) is 4.57 Å². The van der Waals surface area contributed by atoms with Gasteiger partial charge in [-0.1, -0.05) is 81.4 Å². The molecule has 1 nitrogen and oxygen atoms in total. The number of nitrogens with zero attached hydrogens (tertiary/aromatic N) is 1. The van der Waals surface area contributed by atoms with E-state index in [1.165, 1.54) is 75.6 Å². The van der Waals surface area contributed by atoms with Gasteiger partial charge in [-0.2, -0.15) is 0 Å². The lowest BCUT2D eigenvalue weighted by atomic mass is 9.86. The Bertz CT molecular complexity index is 1670. The van der Waals surface area contributed by atoms with E-state index in [4.69, 9.17) is 0 Å². The van der Waals surface area contributed by atoms with Crippen LogP contribution >= 0.6 is 11.8 Å². The Labute approximate surface area is 213 Å². The standard InChI is InChI=1S/C33H34NS/c1-18(2)15-28-24-12-11-20(5)16-26(24)21(6)30-32-31-25(13-14-34(32)7)23-10-8-9-22(19(3)4)27(23)17-29(31)35-33(28)30/h8-14,16-19H,15H2,1-7H3/q+1. The van der Waals surface area contributed by atoms with E-state index in [-0.39, 0.29) is 0 Å². The summed E-state index contributed by atoms with van der Waals surface area (Å²) in [4.78, 5) is 2.86. The van der Waals surface area contributed by atoms with Crippen LogP contribution in [-0.2, 0) is 13.5 Å². The molecular weight excluding hydrogens is 442 g/mol. The van der Waals surface area contributed by atoms with Crippen molar-refractivity contribution >= 4 is 44.1 Å². The van der Waals surface area contributed by atoms with Gasteiger partial charge in [-0.15, -0.1) is 0 Å². The normalized spacial score (nSPS) is 12.9. The summed E-state index contributed by atoms with van der Waals surface area (Å²) in [5.41, 5.74) is 8.49. The van der Waals surface area contributed by atoms with Gasteiger partial charge in [0.2, 0.25) is 5.69 Å². The van der Waals surface area contributed by atoms with Gasteiger partial charge in [-0.05, 0) is 76.4 Å². The van der Waals surface area contributed by atoms with Crippen LogP contribution < -0.4 is 4.57 Å². The number of aryl methyl sites for hydroxylation is 3. The number of benzene rings is 4.